The van der Waals surface area contributed by atoms with Crippen LogP contribution in [0.2, 0.25) is 0 Å². The highest BCUT2D eigenvalue weighted by Crippen LogP contribution is 2.22. The lowest BCUT2D eigenvalue weighted by Gasteiger charge is -2.12. The first-order chi connectivity index (χ1) is 9.10. The SMILES string of the molecule is C=C(CC)C(=O)NC(C)Cc1nc2ccccc2s1. The number of hydrogen-bond acceptors (Lipinski definition) is 3. The minimum Gasteiger partial charge on any atom is -0.349 e. The number of fused-ring (bicyclic) bond motifs is 1. The molecule has 2 aromatic rings. The third-order valence-electron chi connectivity index (χ3n) is 2.94. The highest BCUT2D eigenvalue weighted by atomic mass is 32.1. The molecule has 0 saturated heterocycles. The Morgan fingerprint density at radius 3 is 2.89 bits per heavy atom. The van der Waals surface area contributed by atoms with Crippen molar-refractivity contribution in [1.82, 2.24) is 10.3 Å². The third-order valence-corrected chi connectivity index (χ3v) is 4.00. The number of nitrogens with zero attached hydrogens (tertiary/aromatic N) is 1. The first-order valence-corrected chi connectivity index (χ1v) is 7.25. The maximum absolute atomic E-state index is 11.7. The van der Waals surface area contributed by atoms with Crippen molar-refractivity contribution in [3.05, 3.63) is 41.4 Å². The molecule has 0 radical (unpaired) electrons. The van der Waals surface area contributed by atoms with Gasteiger partial charge in [0.25, 0.3) is 0 Å². The summed E-state index contributed by atoms with van der Waals surface area (Å²) in [6.07, 6.45) is 1.43. The molecule has 0 fully saturated rings. The summed E-state index contributed by atoms with van der Waals surface area (Å²) in [5, 5.41) is 4.00. The summed E-state index contributed by atoms with van der Waals surface area (Å²) in [4.78, 5) is 16.3. The van der Waals surface area contributed by atoms with Gasteiger partial charge in [-0.1, -0.05) is 25.6 Å². The van der Waals surface area contributed by atoms with Crippen LogP contribution in [0.3, 0.4) is 0 Å². The Balaban J connectivity index is 2.00. The fourth-order valence-corrected chi connectivity index (χ4v) is 2.90. The number of nitrogens with one attached hydrogen (secondary N) is 1. The van der Waals surface area contributed by atoms with Gasteiger partial charge in [0.2, 0.25) is 5.91 Å². The Hall–Kier alpha value is -1.68. The van der Waals surface area contributed by atoms with Crippen LogP contribution in [-0.2, 0) is 11.2 Å². The molecule has 3 nitrogen and oxygen atoms in total. The van der Waals surface area contributed by atoms with Gasteiger partial charge in [0.05, 0.1) is 15.2 Å². The van der Waals surface area contributed by atoms with Crippen LogP contribution in [0.1, 0.15) is 25.3 Å². The van der Waals surface area contributed by atoms with E-state index >= 15 is 0 Å². The van der Waals surface area contributed by atoms with E-state index in [9.17, 15) is 4.79 Å². The molecule has 1 unspecified atom stereocenters. The highest BCUT2D eigenvalue weighted by Gasteiger charge is 2.12. The van der Waals surface area contributed by atoms with E-state index in [-0.39, 0.29) is 11.9 Å². The number of amides is 1. The van der Waals surface area contributed by atoms with Crippen LogP contribution in [0.15, 0.2) is 36.4 Å². The van der Waals surface area contributed by atoms with Crippen LogP contribution in [-0.4, -0.2) is 16.9 Å². The van der Waals surface area contributed by atoms with Crippen molar-refractivity contribution in [2.45, 2.75) is 32.7 Å². The lowest BCUT2D eigenvalue weighted by atomic mass is 10.2. The van der Waals surface area contributed by atoms with Crippen LogP contribution in [0.25, 0.3) is 10.2 Å². The molecule has 0 aliphatic heterocycles. The van der Waals surface area contributed by atoms with Crippen molar-refractivity contribution >= 4 is 27.5 Å². The van der Waals surface area contributed by atoms with Crippen molar-refractivity contribution < 1.29 is 4.79 Å². The maximum atomic E-state index is 11.7. The number of hydrogen-bond donors (Lipinski definition) is 1. The van der Waals surface area contributed by atoms with E-state index in [1.54, 1.807) is 11.3 Å². The topological polar surface area (TPSA) is 42.0 Å². The average Bonchev–Trinajstić information content (AvgIpc) is 2.79. The zero-order valence-corrected chi connectivity index (χ0v) is 12.1. The molecule has 0 aliphatic carbocycles. The zero-order valence-electron chi connectivity index (χ0n) is 11.3. The summed E-state index contributed by atoms with van der Waals surface area (Å²) in [6, 6.07) is 8.15. The normalized spacial score (nSPS) is 12.3. The minimum atomic E-state index is -0.0592. The summed E-state index contributed by atoms with van der Waals surface area (Å²) in [6.45, 7) is 7.67. The lowest BCUT2D eigenvalue weighted by molar-refractivity contribution is -0.118. The second-order valence-electron chi connectivity index (χ2n) is 4.61. The first-order valence-electron chi connectivity index (χ1n) is 6.43. The van der Waals surface area contributed by atoms with E-state index in [1.807, 2.05) is 32.0 Å². The molecule has 1 aromatic heterocycles. The van der Waals surface area contributed by atoms with Gasteiger partial charge >= 0.3 is 0 Å². The Bertz CT molecular complexity index is 570. The van der Waals surface area contributed by atoms with Gasteiger partial charge in [-0.05, 0) is 25.5 Å². The number of aromatic nitrogens is 1. The minimum absolute atomic E-state index is 0.0592. The van der Waals surface area contributed by atoms with Crippen molar-refractivity contribution in [3.8, 4) is 0 Å². The molecule has 0 spiro atoms. The van der Waals surface area contributed by atoms with Crippen LogP contribution in [0.5, 0.6) is 0 Å². The molecule has 2 rings (SSSR count). The number of benzene rings is 1. The van der Waals surface area contributed by atoms with Gasteiger partial charge in [-0.3, -0.25) is 4.79 Å². The number of rotatable bonds is 5. The van der Waals surface area contributed by atoms with E-state index in [4.69, 9.17) is 0 Å². The van der Waals surface area contributed by atoms with Crippen molar-refractivity contribution in [2.24, 2.45) is 0 Å². The Morgan fingerprint density at radius 1 is 1.47 bits per heavy atom. The van der Waals surface area contributed by atoms with Crippen LogP contribution < -0.4 is 5.32 Å². The molecule has 0 saturated carbocycles. The summed E-state index contributed by atoms with van der Waals surface area (Å²) in [5.74, 6) is -0.0592. The van der Waals surface area contributed by atoms with Crippen molar-refractivity contribution in [2.75, 3.05) is 0 Å². The van der Waals surface area contributed by atoms with Gasteiger partial charge < -0.3 is 5.32 Å². The summed E-state index contributed by atoms with van der Waals surface area (Å²) in [5.41, 5.74) is 1.65. The molecular formula is C15H18N2OS. The largest absolute Gasteiger partial charge is 0.349 e. The van der Waals surface area contributed by atoms with Gasteiger partial charge in [0, 0.05) is 18.0 Å². The van der Waals surface area contributed by atoms with Crippen molar-refractivity contribution in [3.63, 3.8) is 0 Å². The zero-order chi connectivity index (χ0) is 13.8. The smallest absolute Gasteiger partial charge is 0.246 e. The number of carbonyl (C=O) groups excluding carboxylic acids is 1. The molecule has 0 aliphatic rings. The van der Waals surface area contributed by atoms with E-state index in [0.29, 0.717) is 12.0 Å². The molecule has 1 amide bonds. The Kier molecular flexibility index (Phi) is 4.32. The molecule has 1 heterocycles. The van der Waals surface area contributed by atoms with E-state index in [1.165, 1.54) is 4.70 Å². The molecule has 100 valence electrons. The summed E-state index contributed by atoms with van der Waals surface area (Å²) >= 11 is 1.68. The molecule has 1 atom stereocenters. The second-order valence-corrected chi connectivity index (χ2v) is 5.73. The quantitative estimate of drug-likeness (QED) is 0.850. The van der Waals surface area contributed by atoms with Crippen LogP contribution in [0.4, 0.5) is 0 Å². The first kappa shape index (κ1) is 13.7. The Labute approximate surface area is 117 Å². The van der Waals surface area contributed by atoms with E-state index < -0.39 is 0 Å². The van der Waals surface area contributed by atoms with Gasteiger partial charge in [-0.15, -0.1) is 11.3 Å². The van der Waals surface area contributed by atoms with E-state index in [2.05, 4.69) is 22.9 Å². The van der Waals surface area contributed by atoms with Crippen LogP contribution >= 0.6 is 11.3 Å². The number of para-hydroxylation sites is 1. The van der Waals surface area contributed by atoms with Gasteiger partial charge in [0.1, 0.15) is 0 Å². The lowest BCUT2D eigenvalue weighted by Crippen LogP contribution is -2.34. The molecule has 19 heavy (non-hydrogen) atoms. The maximum Gasteiger partial charge on any atom is 0.246 e. The monoisotopic (exact) mass is 274 g/mol. The Morgan fingerprint density at radius 2 is 2.21 bits per heavy atom. The van der Waals surface area contributed by atoms with Gasteiger partial charge in [-0.25, -0.2) is 4.98 Å². The molecule has 0 bridgehead atoms. The van der Waals surface area contributed by atoms with E-state index in [0.717, 1.165) is 16.9 Å². The highest BCUT2D eigenvalue weighted by molar-refractivity contribution is 7.18. The predicted octanol–water partition coefficient (Wildman–Crippen LogP) is 3.31. The molecule has 1 aromatic carbocycles. The molecule has 4 heteroatoms. The fraction of sp³-hybridized carbons (Fsp3) is 0.333. The standard InChI is InChI=1S/C15H18N2OS/c1-4-10(2)15(18)16-11(3)9-14-17-12-7-5-6-8-13(12)19-14/h5-8,11H,2,4,9H2,1,3H3,(H,16,18). The molecular weight excluding hydrogens is 256 g/mol. The number of carbonyl (C=O) groups is 1. The molecule has 1 N–H and O–H groups in total. The summed E-state index contributed by atoms with van der Waals surface area (Å²) in [7, 11) is 0. The van der Waals surface area contributed by atoms with Gasteiger partial charge in [-0.2, -0.15) is 0 Å². The van der Waals surface area contributed by atoms with Crippen LogP contribution in [0, 0.1) is 0 Å². The average molecular weight is 274 g/mol. The van der Waals surface area contributed by atoms with Gasteiger partial charge in [0.15, 0.2) is 0 Å². The number of thiazole rings is 1. The van der Waals surface area contributed by atoms with Crippen molar-refractivity contribution in [1.29, 1.82) is 0 Å². The second kappa shape index (κ2) is 5.97. The third kappa shape index (κ3) is 3.41. The fourth-order valence-electron chi connectivity index (χ4n) is 1.81. The summed E-state index contributed by atoms with van der Waals surface area (Å²) < 4.78 is 1.19. The predicted molar refractivity (Wildman–Crippen MR) is 80.4 cm³/mol.